The van der Waals surface area contributed by atoms with Crippen molar-refractivity contribution >= 4 is 34.0 Å². The normalized spacial score (nSPS) is 23.5. The highest BCUT2D eigenvalue weighted by molar-refractivity contribution is 6.88. The van der Waals surface area contributed by atoms with E-state index in [2.05, 4.69) is 64.5 Å². The van der Waals surface area contributed by atoms with Gasteiger partial charge in [0, 0.05) is 13.2 Å². The zero-order chi connectivity index (χ0) is 20.1. The van der Waals surface area contributed by atoms with Gasteiger partial charge in [-0.05, 0) is 90.4 Å². The SMILES string of the molecule is CCO[Si](C)(O[Si](C)(C)C)O[Si](C)(CCC1CC=CCC1)O[Si](C)(C)C. The van der Waals surface area contributed by atoms with E-state index in [1.165, 1.54) is 25.7 Å². The molecule has 0 aromatic heterocycles. The van der Waals surface area contributed by atoms with Crippen LogP contribution in [0.4, 0.5) is 0 Å². The summed E-state index contributed by atoms with van der Waals surface area (Å²) in [5.74, 6) is 0.763. The Morgan fingerprint density at radius 1 is 0.846 bits per heavy atom. The van der Waals surface area contributed by atoms with Gasteiger partial charge in [-0.25, -0.2) is 0 Å². The van der Waals surface area contributed by atoms with Gasteiger partial charge in [0.05, 0.1) is 0 Å². The second-order valence-corrected chi connectivity index (χ2v) is 25.3. The van der Waals surface area contributed by atoms with Crippen molar-refractivity contribution in [2.75, 3.05) is 6.61 Å². The summed E-state index contributed by atoms with van der Waals surface area (Å²) in [4.78, 5) is 0. The monoisotopic (exact) mass is 434 g/mol. The molecule has 0 spiro atoms. The zero-order valence-corrected chi connectivity index (χ0v) is 22.6. The van der Waals surface area contributed by atoms with Crippen molar-refractivity contribution in [1.82, 2.24) is 0 Å². The third-order valence-corrected chi connectivity index (χ3v) is 17.5. The largest absolute Gasteiger partial charge is 0.478 e. The smallest absolute Gasteiger partial charge is 0.437 e. The Morgan fingerprint density at radius 3 is 1.92 bits per heavy atom. The van der Waals surface area contributed by atoms with Gasteiger partial charge in [-0.1, -0.05) is 12.2 Å². The van der Waals surface area contributed by atoms with Crippen LogP contribution in [0, 0.1) is 5.92 Å². The Balaban J connectivity index is 2.92. The Bertz CT molecular complexity index is 461. The minimum absolute atomic E-state index is 0.623. The Morgan fingerprint density at radius 2 is 1.46 bits per heavy atom. The summed E-state index contributed by atoms with van der Waals surface area (Å²) in [7, 11) is -8.55. The predicted octanol–water partition coefficient (Wildman–Crippen LogP) is 6.13. The molecular weight excluding hydrogens is 393 g/mol. The molecule has 0 saturated carbocycles. The summed E-state index contributed by atoms with van der Waals surface area (Å²) in [5.41, 5.74) is 0. The summed E-state index contributed by atoms with van der Waals surface area (Å²) in [6, 6.07) is 1.03. The van der Waals surface area contributed by atoms with Crippen molar-refractivity contribution in [3.8, 4) is 0 Å². The molecule has 0 aromatic rings. The fourth-order valence-electron chi connectivity index (χ4n) is 3.65. The highest BCUT2D eigenvalue weighted by Gasteiger charge is 2.48. The summed E-state index contributed by atoms with van der Waals surface area (Å²) in [5, 5.41) is 0. The Kier molecular flexibility index (Phi) is 9.20. The Hall–Kier alpha value is 0.448. The molecule has 0 aromatic carbocycles. The van der Waals surface area contributed by atoms with Crippen LogP contribution in [-0.4, -0.2) is 40.6 Å². The minimum Gasteiger partial charge on any atom is -0.437 e. The molecule has 3 unspecified atom stereocenters. The summed E-state index contributed by atoms with van der Waals surface area (Å²) >= 11 is 0. The fraction of sp³-hybridized carbons (Fsp3) is 0.889. The van der Waals surface area contributed by atoms with E-state index in [4.69, 9.17) is 16.8 Å². The average Bonchev–Trinajstić information content (AvgIpc) is 2.42. The molecule has 0 heterocycles. The molecule has 1 aliphatic rings. The molecule has 26 heavy (non-hydrogen) atoms. The van der Waals surface area contributed by atoms with E-state index < -0.39 is 34.0 Å². The molecule has 4 nitrogen and oxygen atoms in total. The molecule has 8 heteroatoms. The van der Waals surface area contributed by atoms with Gasteiger partial charge in [0.2, 0.25) is 0 Å². The standard InChI is InChI=1S/C18H42O4Si4/c1-10-19-26(9,21-24(5,6)7)22-25(8,20-23(2,3)4)17-16-18-14-12-11-13-15-18/h11-12,18H,10,13-17H2,1-9H3. The van der Waals surface area contributed by atoms with Crippen LogP contribution < -0.4 is 0 Å². The first-order valence-corrected chi connectivity index (χ1v) is 21.7. The number of hydrogen-bond donors (Lipinski definition) is 0. The lowest BCUT2D eigenvalue weighted by Gasteiger charge is -2.42. The molecule has 3 atom stereocenters. The van der Waals surface area contributed by atoms with Gasteiger partial charge in [-0.2, -0.15) is 0 Å². The first-order valence-electron chi connectivity index (χ1n) is 10.2. The number of hydrogen-bond acceptors (Lipinski definition) is 4. The lowest BCUT2D eigenvalue weighted by Crippen LogP contribution is -2.59. The van der Waals surface area contributed by atoms with Crippen molar-refractivity contribution in [2.45, 2.75) is 91.0 Å². The van der Waals surface area contributed by atoms with Crippen LogP contribution in [0.1, 0.15) is 32.6 Å². The van der Waals surface area contributed by atoms with Gasteiger partial charge in [0.15, 0.2) is 16.6 Å². The molecule has 0 fully saturated rings. The van der Waals surface area contributed by atoms with E-state index in [1.807, 2.05) is 6.92 Å². The van der Waals surface area contributed by atoms with Gasteiger partial charge in [-0.3, -0.25) is 0 Å². The van der Waals surface area contributed by atoms with Crippen molar-refractivity contribution in [3.63, 3.8) is 0 Å². The molecule has 0 amide bonds. The van der Waals surface area contributed by atoms with Crippen LogP contribution >= 0.6 is 0 Å². The van der Waals surface area contributed by atoms with Gasteiger partial charge in [0.1, 0.15) is 0 Å². The van der Waals surface area contributed by atoms with Crippen LogP contribution in [0.2, 0.25) is 58.4 Å². The maximum Gasteiger partial charge on any atom is 0.478 e. The van der Waals surface area contributed by atoms with E-state index in [1.54, 1.807) is 0 Å². The van der Waals surface area contributed by atoms with Gasteiger partial charge < -0.3 is 16.8 Å². The van der Waals surface area contributed by atoms with Crippen LogP contribution in [-0.2, 0) is 16.8 Å². The molecule has 1 rings (SSSR count). The van der Waals surface area contributed by atoms with Crippen LogP contribution in [0.15, 0.2) is 12.2 Å². The highest BCUT2D eigenvalue weighted by Crippen LogP contribution is 2.32. The molecule has 0 N–H and O–H groups in total. The lowest BCUT2D eigenvalue weighted by atomic mass is 9.92. The number of rotatable bonds is 11. The van der Waals surface area contributed by atoms with Gasteiger partial charge in [0.25, 0.3) is 0 Å². The van der Waals surface area contributed by atoms with Crippen molar-refractivity contribution in [3.05, 3.63) is 12.2 Å². The summed E-state index contributed by atoms with van der Waals surface area (Å²) in [6.07, 6.45) is 9.52. The van der Waals surface area contributed by atoms with Crippen LogP contribution in [0.5, 0.6) is 0 Å². The highest BCUT2D eigenvalue weighted by atomic mass is 28.5. The average molecular weight is 435 g/mol. The van der Waals surface area contributed by atoms with Crippen molar-refractivity contribution in [1.29, 1.82) is 0 Å². The summed E-state index contributed by atoms with van der Waals surface area (Å²) in [6.45, 7) is 20.3. The van der Waals surface area contributed by atoms with E-state index >= 15 is 0 Å². The summed E-state index contributed by atoms with van der Waals surface area (Å²) < 4.78 is 26.0. The molecule has 0 aliphatic heterocycles. The third-order valence-electron chi connectivity index (χ3n) is 4.21. The molecule has 1 aliphatic carbocycles. The van der Waals surface area contributed by atoms with Crippen molar-refractivity contribution < 1.29 is 16.8 Å². The topological polar surface area (TPSA) is 36.9 Å². The number of allylic oxidation sites excluding steroid dienone is 2. The first-order chi connectivity index (χ1) is 11.8. The minimum atomic E-state index is -2.70. The third kappa shape index (κ3) is 10.1. The predicted molar refractivity (Wildman–Crippen MR) is 121 cm³/mol. The maximum absolute atomic E-state index is 6.77. The fourth-order valence-corrected chi connectivity index (χ4v) is 20.2. The van der Waals surface area contributed by atoms with E-state index in [-0.39, 0.29) is 0 Å². The molecule has 0 bridgehead atoms. The second-order valence-electron chi connectivity index (χ2n) is 9.65. The van der Waals surface area contributed by atoms with Crippen LogP contribution in [0.25, 0.3) is 0 Å². The quantitative estimate of drug-likeness (QED) is 0.289. The van der Waals surface area contributed by atoms with E-state index in [0.717, 1.165) is 12.0 Å². The second kappa shape index (κ2) is 9.77. The van der Waals surface area contributed by atoms with Crippen LogP contribution in [0.3, 0.4) is 0 Å². The Labute approximate surface area is 166 Å². The molecule has 0 saturated heterocycles. The van der Waals surface area contributed by atoms with Gasteiger partial charge in [-0.15, -0.1) is 0 Å². The zero-order valence-electron chi connectivity index (χ0n) is 18.6. The van der Waals surface area contributed by atoms with E-state index in [0.29, 0.717) is 6.61 Å². The van der Waals surface area contributed by atoms with Crippen molar-refractivity contribution in [2.24, 2.45) is 5.92 Å². The van der Waals surface area contributed by atoms with Gasteiger partial charge >= 0.3 is 17.4 Å². The molecule has 154 valence electrons. The maximum atomic E-state index is 6.77. The molecular formula is C18H42O4Si4. The lowest BCUT2D eigenvalue weighted by molar-refractivity contribution is 0.161. The molecule has 0 radical (unpaired) electrons. The van der Waals surface area contributed by atoms with E-state index in [9.17, 15) is 0 Å². The first kappa shape index (κ1) is 24.5.